The highest BCUT2D eigenvalue weighted by atomic mass is 16.6. The molecule has 0 spiro atoms. The van der Waals surface area contributed by atoms with E-state index in [1.165, 1.54) is 6.08 Å². The van der Waals surface area contributed by atoms with Gasteiger partial charge in [-0.25, -0.2) is 0 Å². The van der Waals surface area contributed by atoms with Crippen molar-refractivity contribution in [1.82, 2.24) is 0 Å². The third-order valence-corrected chi connectivity index (χ3v) is 1.29. The predicted octanol–water partition coefficient (Wildman–Crippen LogP) is 1.67. The summed E-state index contributed by atoms with van der Waals surface area (Å²) in [6, 6.07) is 0. The number of hydrogen-bond donors (Lipinski definition) is 1. The first-order chi connectivity index (χ1) is 5.25. The number of rotatable bonds is 2. The first-order valence-electron chi connectivity index (χ1n) is 3.56. The molecule has 0 heterocycles. The molecular formula is C8H14N2O2. The molecule has 0 unspecified atom stereocenters. The molecule has 0 bridgehead atoms. The Labute approximate surface area is 71.9 Å². The zero-order valence-corrected chi connectivity index (χ0v) is 7.63. The first kappa shape index (κ1) is 10.7. The summed E-state index contributed by atoms with van der Waals surface area (Å²) < 4.78 is 0. The highest BCUT2D eigenvalue weighted by Gasteiger charge is 2.27. The number of nitrogens with two attached hydrogens (primary N) is 1. The van der Waals surface area contributed by atoms with Crippen LogP contribution in [0.3, 0.4) is 0 Å². The lowest BCUT2D eigenvalue weighted by molar-refractivity contribution is -0.439. The maximum Gasteiger partial charge on any atom is 0.253 e. The van der Waals surface area contributed by atoms with Crippen LogP contribution in [0.1, 0.15) is 20.8 Å². The predicted molar refractivity (Wildman–Crippen MR) is 47.9 cm³/mol. The fourth-order valence-electron chi connectivity index (χ4n) is 0.719. The lowest BCUT2D eigenvalue weighted by Crippen LogP contribution is -2.17. The van der Waals surface area contributed by atoms with Gasteiger partial charge >= 0.3 is 0 Å². The van der Waals surface area contributed by atoms with Gasteiger partial charge in [0.05, 0.1) is 10.3 Å². The maximum atomic E-state index is 10.5. The van der Waals surface area contributed by atoms with E-state index in [-0.39, 0.29) is 11.4 Å². The van der Waals surface area contributed by atoms with Gasteiger partial charge in [0.15, 0.2) is 0 Å². The van der Waals surface area contributed by atoms with Gasteiger partial charge in [-0.15, -0.1) is 0 Å². The summed E-state index contributed by atoms with van der Waals surface area (Å²) in [6.07, 6.45) is 1.29. The summed E-state index contributed by atoms with van der Waals surface area (Å²) in [4.78, 5) is 10.1. The largest absolute Gasteiger partial charge is 0.399 e. The van der Waals surface area contributed by atoms with Crippen molar-refractivity contribution >= 4 is 0 Å². The molecule has 0 saturated heterocycles. The summed E-state index contributed by atoms with van der Waals surface area (Å²) in [7, 11) is 0. The Bertz CT molecular complexity index is 236. The van der Waals surface area contributed by atoms with Crippen molar-refractivity contribution in [2.75, 3.05) is 0 Å². The van der Waals surface area contributed by atoms with E-state index < -0.39 is 10.3 Å². The van der Waals surface area contributed by atoms with E-state index >= 15 is 0 Å². The minimum Gasteiger partial charge on any atom is -0.399 e. The van der Waals surface area contributed by atoms with E-state index in [2.05, 4.69) is 6.58 Å². The third-order valence-electron chi connectivity index (χ3n) is 1.29. The van der Waals surface area contributed by atoms with Gasteiger partial charge in [0, 0.05) is 11.8 Å². The van der Waals surface area contributed by atoms with Crippen LogP contribution in [0.15, 0.2) is 24.0 Å². The Morgan fingerprint density at radius 2 is 2.00 bits per heavy atom. The van der Waals surface area contributed by atoms with Crippen molar-refractivity contribution in [3.8, 4) is 0 Å². The van der Waals surface area contributed by atoms with E-state index in [1.807, 2.05) is 0 Å². The summed E-state index contributed by atoms with van der Waals surface area (Å²) >= 11 is 0. The first-order valence-corrected chi connectivity index (χ1v) is 3.56. The summed E-state index contributed by atoms with van der Waals surface area (Å²) in [5.41, 5.74) is 5.03. The summed E-state index contributed by atoms with van der Waals surface area (Å²) in [6.45, 7) is 8.65. The van der Waals surface area contributed by atoms with Crippen LogP contribution in [0.2, 0.25) is 0 Å². The van der Waals surface area contributed by atoms with Gasteiger partial charge in [0.1, 0.15) is 0 Å². The van der Waals surface area contributed by atoms with Crippen molar-refractivity contribution in [2.45, 2.75) is 20.8 Å². The van der Waals surface area contributed by atoms with Crippen molar-refractivity contribution in [3.05, 3.63) is 34.2 Å². The lowest BCUT2D eigenvalue weighted by atomic mass is 9.92. The SMILES string of the molecule is C=C(N)/C=C(/[N+](=O)[O-])C(C)(C)C. The van der Waals surface area contributed by atoms with Crippen LogP contribution in [0.5, 0.6) is 0 Å². The molecule has 4 nitrogen and oxygen atoms in total. The molecule has 4 heteroatoms. The second-order valence-corrected chi connectivity index (χ2v) is 3.61. The van der Waals surface area contributed by atoms with Gasteiger partial charge in [-0.3, -0.25) is 10.1 Å². The van der Waals surface area contributed by atoms with Crippen LogP contribution in [0.4, 0.5) is 0 Å². The third kappa shape index (κ3) is 3.18. The Morgan fingerprint density at radius 1 is 1.58 bits per heavy atom. The smallest absolute Gasteiger partial charge is 0.253 e. The van der Waals surface area contributed by atoms with Crippen molar-refractivity contribution in [2.24, 2.45) is 11.1 Å². The van der Waals surface area contributed by atoms with Crippen LogP contribution < -0.4 is 5.73 Å². The number of hydrogen-bond acceptors (Lipinski definition) is 3. The van der Waals surface area contributed by atoms with E-state index in [1.54, 1.807) is 20.8 Å². The average molecular weight is 170 g/mol. The van der Waals surface area contributed by atoms with Crippen LogP contribution in [-0.4, -0.2) is 4.92 Å². The fraction of sp³-hybridized carbons (Fsp3) is 0.500. The Kier molecular flexibility index (Phi) is 3.01. The van der Waals surface area contributed by atoms with E-state index in [4.69, 9.17) is 5.73 Å². The molecule has 68 valence electrons. The summed E-state index contributed by atoms with van der Waals surface area (Å²) in [5, 5.41) is 10.5. The van der Waals surface area contributed by atoms with E-state index in [0.29, 0.717) is 0 Å². The standard InChI is InChI=1S/C8H14N2O2/c1-6(9)5-7(10(11)12)8(2,3)4/h5H,1,9H2,2-4H3/b7-5+. The van der Waals surface area contributed by atoms with Gasteiger partial charge in [0.2, 0.25) is 0 Å². The number of allylic oxidation sites excluding steroid dienone is 2. The Balaban J connectivity index is 4.94. The van der Waals surface area contributed by atoms with Gasteiger partial charge in [-0.1, -0.05) is 6.58 Å². The van der Waals surface area contributed by atoms with Gasteiger partial charge in [-0.05, 0) is 20.8 Å². The molecule has 0 aliphatic rings. The van der Waals surface area contributed by atoms with E-state index in [9.17, 15) is 10.1 Å². The molecule has 0 aliphatic carbocycles. The molecule has 0 aliphatic heterocycles. The maximum absolute atomic E-state index is 10.5. The minimum absolute atomic E-state index is 0.0787. The van der Waals surface area contributed by atoms with E-state index in [0.717, 1.165) is 0 Å². The molecule has 0 fully saturated rings. The van der Waals surface area contributed by atoms with Crippen molar-refractivity contribution < 1.29 is 4.92 Å². The van der Waals surface area contributed by atoms with Crippen LogP contribution in [0.25, 0.3) is 0 Å². The van der Waals surface area contributed by atoms with Crippen molar-refractivity contribution in [3.63, 3.8) is 0 Å². The molecular weight excluding hydrogens is 156 g/mol. The number of nitrogens with zero attached hydrogens (tertiary/aromatic N) is 1. The number of nitro groups is 1. The molecule has 0 rings (SSSR count). The molecule has 12 heavy (non-hydrogen) atoms. The van der Waals surface area contributed by atoms with Crippen LogP contribution >= 0.6 is 0 Å². The second kappa shape index (κ2) is 3.38. The zero-order chi connectivity index (χ0) is 9.94. The lowest BCUT2D eigenvalue weighted by Gasteiger charge is -2.14. The topological polar surface area (TPSA) is 69.2 Å². The molecule has 0 radical (unpaired) electrons. The fourth-order valence-corrected chi connectivity index (χ4v) is 0.719. The normalized spacial score (nSPS) is 12.8. The minimum atomic E-state index is -0.508. The molecule has 0 aromatic carbocycles. The van der Waals surface area contributed by atoms with Gasteiger partial charge in [0.25, 0.3) is 5.70 Å². The van der Waals surface area contributed by atoms with Crippen molar-refractivity contribution in [1.29, 1.82) is 0 Å². The highest BCUT2D eigenvalue weighted by molar-refractivity contribution is 5.16. The monoisotopic (exact) mass is 170 g/mol. The van der Waals surface area contributed by atoms with Crippen LogP contribution in [0, 0.1) is 15.5 Å². The molecule has 0 atom stereocenters. The molecule has 0 aromatic heterocycles. The Hall–Kier alpha value is -1.32. The molecule has 0 amide bonds. The average Bonchev–Trinajstić information content (AvgIpc) is 1.79. The quantitative estimate of drug-likeness (QED) is 0.389. The zero-order valence-electron chi connectivity index (χ0n) is 7.63. The van der Waals surface area contributed by atoms with Crippen LogP contribution in [-0.2, 0) is 0 Å². The molecule has 0 aromatic rings. The highest BCUT2D eigenvalue weighted by Crippen LogP contribution is 2.25. The van der Waals surface area contributed by atoms with Gasteiger partial charge < -0.3 is 5.73 Å². The molecule has 2 N–H and O–H groups in total. The Morgan fingerprint density at radius 3 is 2.08 bits per heavy atom. The molecule has 0 saturated carbocycles. The van der Waals surface area contributed by atoms with Gasteiger partial charge in [-0.2, -0.15) is 0 Å². The second-order valence-electron chi connectivity index (χ2n) is 3.61. The summed E-state index contributed by atoms with van der Waals surface area (Å²) in [5.74, 6) is 0.